The van der Waals surface area contributed by atoms with Crippen molar-refractivity contribution in [2.45, 2.75) is 102 Å². The van der Waals surface area contributed by atoms with E-state index in [2.05, 4.69) is 432 Å². The number of fused-ring (bicyclic) bond motifs is 4. The number of anilines is 9. The van der Waals surface area contributed by atoms with Crippen LogP contribution in [0, 0.1) is 35.5 Å². The van der Waals surface area contributed by atoms with Gasteiger partial charge in [0.25, 0.3) is 6.71 Å². The molecular formula is C128H105BN4. The molecule has 0 amide bonds. The first kappa shape index (κ1) is 79.4. The van der Waals surface area contributed by atoms with Gasteiger partial charge < -0.3 is 19.6 Å². The molecule has 0 radical (unpaired) electrons. The highest BCUT2D eigenvalue weighted by atomic mass is 15.2. The molecule has 7 atom stereocenters. The van der Waals surface area contributed by atoms with Gasteiger partial charge in [0, 0.05) is 74.6 Å². The van der Waals surface area contributed by atoms with E-state index in [0.29, 0.717) is 11.8 Å². The number of benzene rings is 10. The molecule has 26 rings (SSSR count). The van der Waals surface area contributed by atoms with Gasteiger partial charge in [-0.25, -0.2) is 0 Å². The van der Waals surface area contributed by atoms with Crippen LogP contribution in [0.15, 0.2) is 513 Å². The van der Waals surface area contributed by atoms with Crippen LogP contribution in [0.1, 0.15) is 96.3 Å². The predicted octanol–water partition coefficient (Wildman–Crippen LogP) is 31.0. The maximum atomic E-state index is 2.98. The third-order valence-electron chi connectivity index (χ3n) is 31.5. The van der Waals surface area contributed by atoms with E-state index >= 15 is 0 Å². The number of nitrogens with zero attached hydrogens (tertiary/aromatic N) is 4. The Bertz CT molecular complexity index is 7530. The Labute approximate surface area is 783 Å². The van der Waals surface area contributed by atoms with E-state index in [9.17, 15) is 0 Å². The molecule has 14 aliphatic carbocycles. The predicted molar refractivity (Wildman–Crippen MR) is 562 cm³/mol. The SMILES string of the molecule is C1=CCCC(C2=CC(C3C=CC=C(C4=CC(C5=CCCC=C5)=CCC4)C3N3c4cc(N(c5ccccc5)c5ccc6ccc7cccc8ccc5c6c78)ccc4B4c5ccc(N(C6=CC7=CC=CC8=CC=C9C=CC=C6C9C87)c6ccccc6)cc5N(C5=C(C6=CC=CC(C7C=CC=CC7)C6)CCC=C5C5C=CC=C(C6=CC=CCC6)C5)c5cc(-c6ccccc6)cc3c54)=CCC2)=C1. The summed E-state index contributed by atoms with van der Waals surface area (Å²) >= 11 is 0. The summed E-state index contributed by atoms with van der Waals surface area (Å²) in [5, 5.41) is 7.60. The van der Waals surface area contributed by atoms with E-state index in [4.69, 9.17) is 0 Å². The average molecular weight is 1710 g/mol. The van der Waals surface area contributed by atoms with E-state index in [1.807, 2.05) is 0 Å². The first-order valence-electron chi connectivity index (χ1n) is 49.2. The molecule has 16 aliphatic rings. The number of allylic oxidation sites excluding steroid dienone is 48. The average Bonchev–Trinajstić information content (AvgIpc) is 0.684. The van der Waals surface area contributed by atoms with Crippen LogP contribution < -0.4 is 36.0 Å². The lowest BCUT2D eigenvalue weighted by atomic mass is 9.33. The fraction of sp³-hybridized carbons (Fsp3) is 0.172. The second-order valence-electron chi connectivity index (χ2n) is 38.8. The Kier molecular flexibility index (Phi) is 19.9. The smallest absolute Gasteiger partial charge is 0.252 e. The van der Waals surface area contributed by atoms with E-state index in [0.717, 1.165) is 125 Å². The largest absolute Gasteiger partial charge is 0.334 e. The Balaban J connectivity index is 0.779. The Morgan fingerprint density at radius 2 is 1.01 bits per heavy atom. The first-order valence-corrected chi connectivity index (χ1v) is 49.2. The summed E-state index contributed by atoms with van der Waals surface area (Å²) in [5.74, 6) is 1.09. The van der Waals surface area contributed by atoms with Crippen molar-refractivity contribution in [1.29, 1.82) is 0 Å². The van der Waals surface area contributed by atoms with Gasteiger partial charge in [0.1, 0.15) is 0 Å². The summed E-state index contributed by atoms with van der Waals surface area (Å²) in [6.07, 6.45) is 103. The Morgan fingerprint density at radius 1 is 0.346 bits per heavy atom. The molecule has 7 unspecified atom stereocenters. The van der Waals surface area contributed by atoms with E-state index < -0.39 is 0 Å². The lowest BCUT2D eigenvalue weighted by Crippen LogP contribution is -2.64. The molecule has 2 aliphatic heterocycles. The van der Waals surface area contributed by atoms with Crippen molar-refractivity contribution in [2.24, 2.45) is 35.5 Å². The minimum absolute atomic E-state index is 0.0715. The number of hydrogen-bond donors (Lipinski definition) is 0. The van der Waals surface area contributed by atoms with Crippen molar-refractivity contribution in [3.05, 3.63) is 513 Å². The van der Waals surface area contributed by atoms with E-state index in [1.54, 1.807) is 0 Å². The summed E-state index contributed by atoms with van der Waals surface area (Å²) in [6, 6.07) is 76.0. The highest BCUT2D eigenvalue weighted by Gasteiger charge is 2.51. The second kappa shape index (κ2) is 33.4. The minimum atomic E-state index is -0.270. The van der Waals surface area contributed by atoms with Gasteiger partial charge in [0.05, 0.1) is 23.1 Å². The van der Waals surface area contributed by atoms with Gasteiger partial charge in [0.2, 0.25) is 0 Å². The lowest BCUT2D eigenvalue weighted by molar-refractivity contribution is 0.468. The van der Waals surface area contributed by atoms with Gasteiger partial charge in [-0.2, -0.15) is 0 Å². The van der Waals surface area contributed by atoms with Gasteiger partial charge in [-0.1, -0.05) is 340 Å². The maximum Gasteiger partial charge on any atom is 0.252 e. The van der Waals surface area contributed by atoms with E-state index in [-0.39, 0.29) is 36.4 Å². The van der Waals surface area contributed by atoms with Gasteiger partial charge in [0.15, 0.2) is 0 Å². The zero-order valence-corrected chi connectivity index (χ0v) is 75.3. The van der Waals surface area contributed by atoms with Crippen molar-refractivity contribution in [2.75, 3.05) is 19.6 Å². The van der Waals surface area contributed by atoms with Crippen LogP contribution in [0.4, 0.5) is 51.2 Å². The highest BCUT2D eigenvalue weighted by Crippen LogP contribution is 2.58. The van der Waals surface area contributed by atoms with Crippen LogP contribution >= 0.6 is 0 Å². The molecular weight excluding hydrogens is 1600 g/mol. The monoisotopic (exact) mass is 1710 g/mol. The zero-order valence-electron chi connectivity index (χ0n) is 75.3. The van der Waals surface area contributed by atoms with Crippen LogP contribution in [0.25, 0.3) is 43.4 Å². The van der Waals surface area contributed by atoms with Crippen molar-refractivity contribution < 1.29 is 0 Å². The summed E-state index contributed by atoms with van der Waals surface area (Å²) in [4.78, 5) is 11.2. The number of rotatable bonds is 17. The molecule has 133 heavy (non-hydrogen) atoms. The van der Waals surface area contributed by atoms with Crippen molar-refractivity contribution >= 4 is 107 Å². The number of para-hydroxylation sites is 2. The quantitative estimate of drug-likeness (QED) is 0.0665. The van der Waals surface area contributed by atoms with Crippen LogP contribution in [0.2, 0.25) is 0 Å². The third-order valence-corrected chi connectivity index (χ3v) is 31.5. The summed E-state index contributed by atoms with van der Waals surface area (Å²) in [7, 11) is 0. The van der Waals surface area contributed by atoms with Gasteiger partial charge in [-0.05, 0) is 325 Å². The molecule has 640 valence electrons. The van der Waals surface area contributed by atoms with Crippen LogP contribution in [0.5, 0.6) is 0 Å². The van der Waals surface area contributed by atoms with Crippen molar-refractivity contribution in [3.8, 4) is 11.1 Å². The summed E-state index contributed by atoms with van der Waals surface area (Å²) in [5.41, 5.74) is 41.8. The van der Waals surface area contributed by atoms with Crippen LogP contribution in [0.3, 0.4) is 0 Å². The molecule has 0 bridgehead atoms. The molecule has 0 fully saturated rings. The fourth-order valence-electron chi connectivity index (χ4n) is 25.4. The minimum Gasteiger partial charge on any atom is -0.334 e. The van der Waals surface area contributed by atoms with Gasteiger partial charge in [-0.15, -0.1) is 0 Å². The Hall–Kier alpha value is -14.5. The van der Waals surface area contributed by atoms with Crippen molar-refractivity contribution in [1.82, 2.24) is 0 Å². The van der Waals surface area contributed by atoms with Crippen LogP contribution in [-0.2, 0) is 0 Å². The van der Waals surface area contributed by atoms with Gasteiger partial charge >= 0.3 is 0 Å². The molecule has 10 aromatic carbocycles. The molecule has 0 saturated heterocycles. The molecule has 0 spiro atoms. The Morgan fingerprint density at radius 3 is 1.80 bits per heavy atom. The lowest BCUT2D eigenvalue weighted by Gasteiger charge is -2.51. The van der Waals surface area contributed by atoms with Crippen LogP contribution in [-0.4, -0.2) is 12.8 Å². The molecule has 5 heteroatoms. The maximum absolute atomic E-state index is 2.98. The number of hydrogen-bond acceptors (Lipinski definition) is 4. The second-order valence-corrected chi connectivity index (χ2v) is 38.8. The third kappa shape index (κ3) is 13.8. The normalized spacial score (nSPS) is 23.3. The molecule has 2 heterocycles. The molecule has 0 N–H and O–H groups in total. The first-order chi connectivity index (χ1) is 66.0. The zero-order chi connectivity index (χ0) is 87.6. The van der Waals surface area contributed by atoms with Gasteiger partial charge in [-0.3, -0.25) is 0 Å². The topological polar surface area (TPSA) is 13.0 Å². The van der Waals surface area contributed by atoms with Crippen molar-refractivity contribution in [3.63, 3.8) is 0 Å². The highest BCUT2D eigenvalue weighted by molar-refractivity contribution is 7.00. The summed E-state index contributed by atoms with van der Waals surface area (Å²) < 4.78 is 0. The molecule has 4 nitrogen and oxygen atoms in total. The molecule has 0 saturated carbocycles. The standard InChI is InChI=1S/C128H105BN4/c1-8-31-84(32-9-1)94-45-24-49-98(75-94)108-58-29-59-109(99-50-25-46-95(76-99)85-33-10-2-11-34-85)127(108)132-118-82-106(130(104-54-18-6-19-55-104)116-74-68-93-66-64-89-41-22-42-91-67-71-113(116)125(93)122(89)91)69-72-114(118)129-115-73-70-107(131(105-56-20-7-21-57-105)117-79-102-53-23-43-90-63-65-92-44-28-62-112(117)124(92)123(90)102)83-119(115)133(121-81-103(80-120(132)126(121)129)88-39-16-5-17-40-88)128-110(100-51-26-47-96(77-100)86-35-12-3-13-36-86)60-30-61-111(128)101-52-27-48-97(78-101)87-37-14-4-15-38-87/h1,3-8,10,12-14,16-23,26-29,31,33-35,37,39-44,46-49,51-59,61-76,79-83,86,96,101,108,123-124,127H,2,9,11,15,24-25,30,32,36,38,45,50,60,77-78H2. The molecule has 10 aromatic rings. The molecule has 0 aromatic heterocycles. The fourth-order valence-corrected chi connectivity index (χ4v) is 25.4. The van der Waals surface area contributed by atoms with E-state index in [1.165, 1.54) is 183 Å². The summed E-state index contributed by atoms with van der Waals surface area (Å²) in [6.45, 7) is -0.270.